The number of anilines is 1. The van der Waals surface area contributed by atoms with Gasteiger partial charge in [-0.2, -0.15) is 0 Å². The van der Waals surface area contributed by atoms with Crippen LogP contribution >= 0.6 is 0 Å². The molecule has 1 amide bonds. The molecule has 0 aliphatic rings. The number of nitrogens with one attached hydrogen (secondary N) is 2. The van der Waals surface area contributed by atoms with Crippen molar-refractivity contribution in [1.29, 1.82) is 0 Å². The third kappa shape index (κ3) is 3.11. The first-order chi connectivity index (χ1) is 12.6. The molecule has 0 unspecified atom stereocenters. The molecule has 0 aliphatic heterocycles. The lowest BCUT2D eigenvalue weighted by atomic mass is 10.1. The molecule has 0 radical (unpaired) electrons. The van der Waals surface area contributed by atoms with Gasteiger partial charge in [-0.3, -0.25) is 4.79 Å². The number of aromatic amines is 1. The van der Waals surface area contributed by atoms with E-state index in [-0.39, 0.29) is 11.7 Å². The molecule has 0 bridgehead atoms. The van der Waals surface area contributed by atoms with Crippen molar-refractivity contribution in [2.75, 3.05) is 5.32 Å². The summed E-state index contributed by atoms with van der Waals surface area (Å²) in [4.78, 5) is 15.6. The Kier molecular flexibility index (Phi) is 4.05. The highest BCUT2D eigenvalue weighted by atomic mass is 19.1. The zero-order valence-corrected chi connectivity index (χ0v) is 14.1. The molecule has 4 rings (SSSR count). The molecule has 0 saturated carbocycles. The maximum atomic E-state index is 12.9. The maximum Gasteiger partial charge on any atom is 0.265 e. The zero-order valence-electron chi connectivity index (χ0n) is 14.1. The molecule has 2 N–H and O–H groups in total. The summed E-state index contributed by atoms with van der Waals surface area (Å²) in [6.07, 6.45) is -0.693. The van der Waals surface area contributed by atoms with Gasteiger partial charge in [0.05, 0.1) is 5.52 Å². The van der Waals surface area contributed by atoms with Crippen molar-refractivity contribution in [3.8, 4) is 5.75 Å². The number of amides is 1. The minimum absolute atomic E-state index is 0.298. The van der Waals surface area contributed by atoms with Crippen LogP contribution < -0.4 is 10.1 Å². The van der Waals surface area contributed by atoms with Crippen molar-refractivity contribution in [1.82, 2.24) is 4.98 Å². The molecular formula is C21H17FN2O2. The van der Waals surface area contributed by atoms with Crippen molar-refractivity contribution in [3.63, 3.8) is 0 Å². The molecule has 1 aromatic heterocycles. The van der Waals surface area contributed by atoms with E-state index >= 15 is 0 Å². The lowest BCUT2D eigenvalue weighted by Gasteiger charge is -2.15. The summed E-state index contributed by atoms with van der Waals surface area (Å²) in [6.45, 7) is 1.67. The van der Waals surface area contributed by atoms with Crippen molar-refractivity contribution in [2.45, 2.75) is 13.0 Å². The number of H-pyrrole nitrogens is 1. The van der Waals surface area contributed by atoms with E-state index in [0.717, 1.165) is 21.8 Å². The largest absolute Gasteiger partial charge is 0.481 e. The average Bonchev–Trinajstić information content (AvgIpc) is 3.01. The van der Waals surface area contributed by atoms with Crippen LogP contribution in [0.2, 0.25) is 0 Å². The van der Waals surface area contributed by atoms with Crippen LogP contribution in [0.5, 0.6) is 5.75 Å². The number of carbonyl (C=O) groups is 1. The van der Waals surface area contributed by atoms with Crippen LogP contribution in [-0.2, 0) is 4.79 Å². The van der Waals surface area contributed by atoms with Gasteiger partial charge in [0.2, 0.25) is 0 Å². The van der Waals surface area contributed by atoms with Crippen LogP contribution in [0.3, 0.4) is 0 Å². The Hall–Kier alpha value is -3.34. The van der Waals surface area contributed by atoms with Gasteiger partial charge in [0, 0.05) is 28.0 Å². The van der Waals surface area contributed by atoms with Gasteiger partial charge in [0.1, 0.15) is 11.6 Å². The van der Waals surface area contributed by atoms with Crippen LogP contribution in [-0.4, -0.2) is 17.0 Å². The van der Waals surface area contributed by atoms with Gasteiger partial charge in [-0.15, -0.1) is 0 Å². The van der Waals surface area contributed by atoms with Crippen molar-refractivity contribution < 1.29 is 13.9 Å². The number of fused-ring (bicyclic) bond motifs is 3. The van der Waals surface area contributed by atoms with Crippen LogP contribution in [0.25, 0.3) is 21.8 Å². The fourth-order valence-corrected chi connectivity index (χ4v) is 2.94. The van der Waals surface area contributed by atoms with Gasteiger partial charge in [-0.1, -0.05) is 18.2 Å². The van der Waals surface area contributed by atoms with E-state index in [2.05, 4.69) is 16.4 Å². The fraction of sp³-hybridized carbons (Fsp3) is 0.0952. The van der Waals surface area contributed by atoms with Crippen LogP contribution in [0.4, 0.5) is 10.1 Å². The zero-order chi connectivity index (χ0) is 18.1. The molecule has 4 nitrogen and oxygen atoms in total. The van der Waals surface area contributed by atoms with E-state index in [1.165, 1.54) is 24.3 Å². The molecule has 0 aliphatic carbocycles. The van der Waals surface area contributed by atoms with Crippen LogP contribution in [0.15, 0.2) is 66.7 Å². The Morgan fingerprint density at radius 3 is 2.54 bits per heavy atom. The van der Waals surface area contributed by atoms with Gasteiger partial charge in [-0.05, 0) is 49.4 Å². The lowest BCUT2D eigenvalue weighted by Crippen LogP contribution is -2.30. The predicted octanol–water partition coefficient (Wildman–Crippen LogP) is 4.87. The minimum atomic E-state index is -0.693. The average molecular weight is 348 g/mol. The third-order valence-corrected chi connectivity index (χ3v) is 4.27. The fourth-order valence-electron chi connectivity index (χ4n) is 2.94. The monoisotopic (exact) mass is 348 g/mol. The van der Waals surface area contributed by atoms with Crippen LogP contribution in [0, 0.1) is 5.82 Å². The van der Waals surface area contributed by atoms with E-state index in [4.69, 9.17) is 4.74 Å². The van der Waals surface area contributed by atoms with E-state index in [9.17, 15) is 9.18 Å². The molecule has 130 valence electrons. The maximum absolute atomic E-state index is 12.9. The lowest BCUT2D eigenvalue weighted by molar-refractivity contribution is -0.122. The van der Waals surface area contributed by atoms with E-state index in [1.54, 1.807) is 6.92 Å². The SMILES string of the molecule is C[C@H](Oc1ccc2c(c1)[nH]c1ccccc12)C(=O)Nc1ccc(F)cc1. The van der Waals surface area contributed by atoms with Crippen molar-refractivity contribution in [2.24, 2.45) is 0 Å². The molecule has 5 heteroatoms. The van der Waals surface area contributed by atoms with Gasteiger partial charge < -0.3 is 15.0 Å². The Morgan fingerprint density at radius 2 is 1.73 bits per heavy atom. The number of halogens is 1. The number of rotatable bonds is 4. The number of aromatic nitrogens is 1. The summed E-state index contributed by atoms with van der Waals surface area (Å²) in [6, 6.07) is 19.4. The number of carbonyl (C=O) groups excluding carboxylic acids is 1. The summed E-state index contributed by atoms with van der Waals surface area (Å²) < 4.78 is 18.7. The molecular weight excluding hydrogens is 331 g/mol. The summed E-state index contributed by atoms with van der Waals surface area (Å²) in [7, 11) is 0. The highest BCUT2D eigenvalue weighted by Gasteiger charge is 2.15. The minimum Gasteiger partial charge on any atom is -0.481 e. The molecule has 1 atom stereocenters. The van der Waals surface area contributed by atoms with E-state index in [1.807, 2.05) is 36.4 Å². The summed E-state index contributed by atoms with van der Waals surface area (Å²) >= 11 is 0. The molecule has 0 fully saturated rings. The smallest absolute Gasteiger partial charge is 0.265 e. The van der Waals surface area contributed by atoms with Crippen LogP contribution in [0.1, 0.15) is 6.92 Å². The first-order valence-electron chi connectivity index (χ1n) is 8.34. The molecule has 26 heavy (non-hydrogen) atoms. The molecule has 0 saturated heterocycles. The second-order valence-electron chi connectivity index (χ2n) is 6.13. The van der Waals surface area contributed by atoms with E-state index in [0.29, 0.717) is 11.4 Å². The Morgan fingerprint density at radius 1 is 1.00 bits per heavy atom. The Bertz CT molecular complexity index is 1090. The highest BCUT2D eigenvalue weighted by molar-refractivity contribution is 6.07. The molecule has 0 spiro atoms. The summed E-state index contributed by atoms with van der Waals surface area (Å²) in [5.74, 6) is -0.0434. The third-order valence-electron chi connectivity index (χ3n) is 4.27. The second kappa shape index (κ2) is 6.52. The number of ether oxygens (including phenoxy) is 1. The molecule has 3 aromatic carbocycles. The first kappa shape index (κ1) is 16.1. The standard InChI is InChI=1S/C21H17FN2O2/c1-13(21(25)23-15-8-6-14(22)7-9-15)26-16-10-11-18-17-4-2-3-5-19(17)24-20(18)12-16/h2-13,24H,1H3,(H,23,25)/t13-/m0/s1. The Labute approximate surface area is 149 Å². The number of para-hydroxylation sites is 1. The van der Waals surface area contributed by atoms with Gasteiger partial charge >= 0.3 is 0 Å². The van der Waals surface area contributed by atoms with Gasteiger partial charge in [0.15, 0.2) is 6.10 Å². The summed E-state index contributed by atoms with van der Waals surface area (Å²) in [5.41, 5.74) is 2.54. The first-order valence-corrected chi connectivity index (χ1v) is 8.34. The normalized spacial score (nSPS) is 12.2. The Balaban J connectivity index is 1.51. The molecule has 4 aromatic rings. The van der Waals surface area contributed by atoms with Crippen molar-refractivity contribution in [3.05, 3.63) is 72.5 Å². The number of hydrogen-bond donors (Lipinski definition) is 2. The number of hydrogen-bond acceptors (Lipinski definition) is 2. The highest BCUT2D eigenvalue weighted by Crippen LogP contribution is 2.28. The number of benzene rings is 3. The predicted molar refractivity (Wildman–Crippen MR) is 101 cm³/mol. The van der Waals surface area contributed by atoms with Crippen molar-refractivity contribution >= 4 is 33.4 Å². The quantitative estimate of drug-likeness (QED) is 0.553. The topological polar surface area (TPSA) is 54.1 Å². The summed E-state index contributed by atoms with van der Waals surface area (Å²) in [5, 5.41) is 4.97. The second-order valence-corrected chi connectivity index (χ2v) is 6.13. The van der Waals surface area contributed by atoms with Gasteiger partial charge in [-0.25, -0.2) is 4.39 Å². The van der Waals surface area contributed by atoms with E-state index < -0.39 is 6.10 Å². The molecule has 1 heterocycles. The van der Waals surface area contributed by atoms with Gasteiger partial charge in [0.25, 0.3) is 5.91 Å².